The highest BCUT2D eigenvalue weighted by Gasteiger charge is 2.05. The summed E-state index contributed by atoms with van der Waals surface area (Å²) in [7, 11) is 0. The predicted octanol–water partition coefficient (Wildman–Crippen LogP) is 2.21. The van der Waals surface area contributed by atoms with Crippen LogP contribution in [0.1, 0.15) is 17.5 Å². The molecular weight excluding hydrogens is 210 g/mol. The Morgan fingerprint density at radius 1 is 1.69 bits per heavy atom. The second-order valence-corrected chi connectivity index (χ2v) is 4.23. The summed E-state index contributed by atoms with van der Waals surface area (Å²) in [6, 6.07) is 0. The summed E-state index contributed by atoms with van der Waals surface area (Å²) in [6.07, 6.45) is 0.690. The van der Waals surface area contributed by atoms with Gasteiger partial charge in [-0.2, -0.15) is 0 Å². The second-order valence-electron chi connectivity index (χ2n) is 2.57. The van der Waals surface area contributed by atoms with Crippen LogP contribution in [0.4, 0.5) is 0 Å². The third kappa shape index (κ3) is 3.32. The highest BCUT2D eigenvalue weighted by molar-refractivity contribution is 7.15. The van der Waals surface area contributed by atoms with Gasteiger partial charge in [0.05, 0.1) is 12.3 Å². The first-order valence-corrected chi connectivity index (χ1v) is 5.04. The molecular formula is C8H10ClNO2S. The Balaban J connectivity index is 2.45. The van der Waals surface area contributed by atoms with Crippen molar-refractivity contribution in [1.29, 1.82) is 0 Å². The zero-order valence-electron chi connectivity index (χ0n) is 7.46. The summed E-state index contributed by atoms with van der Waals surface area (Å²) in [5.41, 5.74) is 0.919. The maximum atomic E-state index is 10.5. The lowest BCUT2D eigenvalue weighted by molar-refractivity contribution is -0.140. The highest BCUT2D eigenvalue weighted by Crippen LogP contribution is 2.22. The smallest absolute Gasteiger partial charge is 0.302 e. The molecule has 0 N–H and O–H groups in total. The van der Waals surface area contributed by atoms with E-state index in [1.807, 2.05) is 6.92 Å². The molecule has 0 saturated carbocycles. The van der Waals surface area contributed by atoms with E-state index in [9.17, 15) is 4.79 Å². The van der Waals surface area contributed by atoms with E-state index in [2.05, 4.69) is 4.98 Å². The molecule has 5 heteroatoms. The van der Waals surface area contributed by atoms with Gasteiger partial charge in [-0.1, -0.05) is 11.6 Å². The van der Waals surface area contributed by atoms with Gasteiger partial charge in [-0.25, -0.2) is 4.98 Å². The SMILES string of the molecule is CC(=O)OCCc1sc(Cl)nc1C. The van der Waals surface area contributed by atoms with Crippen molar-refractivity contribution in [1.82, 2.24) is 4.98 Å². The number of thiazole rings is 1. The monoisotopic (exact) mass is 219 g/mol. The summed E-state index contributed by atoms with van der Waals surface area (Å²) in [4.78, 5) is 15.6. The number of hydrogen-bond donors (Lipinski definition) is 0. The third-order valence-electron chi connectivity index (χ3n) is 1.50. The molecule has 0 atom stereocenters. The van der Waals surface area contributed by atoms with Crippen molar-refractivity contribution < 1.29 is 9.53 Å². The van der Waals surface area contributed by atoms with Crippen LogP contribution in [0.3, 0.4) is 0 Å². The summed E-state index contributed by atoms with van der Waals surface area (Å²) < 4.78 is 5.34. The van der Waals surface area contributed by atoms with Gasteiger partial charge in [-0.3, -0.25) is 4.79 Å². The van der Waals surface area contributed by atoms with E-state index in [1.165, 1.54) is 18.3 Å². The largest absolute Gasteiger partial charge is 0.465 e. The molecule has 0 aliphatic heterocycles. The van der Waals surface area contributed by atoms with E-state index >= 15 is 0 Å². The molecule has 1 aromatic heterocycles. The number of carbonyl (C=O) groups excluding carboxylic acids is 1. The fourth-order valence-electron chi connectivity index (χ4n) is 0.912. The van der Waals surface area contributed by atoms with Gasteiger partial charge >= 0.3 is 5.97 Å². The van der Waals surface area contributed by atoms with Crippen LogP contribution in [0.5, 0.6) is 0 Å². The molecule has 13 heavy (non-hydrogen) atoms. The summed E-state index contributed by atoms with van der Waals surface area (Å²) in [5.74, 6) is -0.256. The number of nitrogens with zero attached hydrogens (tertiary/aromatic N) is 1. The van der Waals surface area contributed by atoms with E-state index in [-0.39, 0.29) is 5.97 Å². The van der Waals surface area contributed by atoms with Gasteiger partial charge in [0, 0.05) is 18.2 Å². The molecule has 0 fully saturated rings. The molecule has 1 heterocycles. The lowest BCUT2D eigenvalue weighted by Crippen LogP contribution is -2.02. The number of aryl methyl sites for hydroxylation is 1. The number of hydrogen-bond acceptors (Lipinski definition) is 4. The molecule has 0 bridgehead atoms. The summed E-state index contributed by atoms with van der Waals surface area (Å²) in [6.45, 7) is 3.69. The average molecular weight is 220 g/mol. The van der Waals surface area contributed by atoms with Crippen LogP contribution in [0, 0.1) is 6.92 Å². The van der Waals surface area contributed by atoms with E-state index < -0.39 is 0 Å². The Hall–Kier alpha value is -0.610. The summed E-state index contributed by atoms with van der Waals surface area (Å²) >= 11 is 7.14. The second kappa shape index (κ2) is 4.58. The molecule has 0 spiro atoms. The van der Waals surface area contributed by atoms with Gasteiger partial charge in [-0.15, -0.1) is 11.3 Å². The van der Waals surface area contributed by atoms with Gasteiger partial charge in [0.15, 0.2) is 4.47 Å². The topological polar surface area (TPSA) is 39.2 Å². The van der Waals surface area contributed by atoms with Crippen molar-refractivity contribution in [2.24, 2.45) is 0 Å². The van der Waals surface area contributed by atoms with Crippen LogP contribution >= 0.6 is 22.9 Å². The van der Waals surface area contributed by atoms with Crippen molar-refractivity contribution in [3.05, 3.63) is 15.0 Å². The number of rotatable bonds is 3. The van der Waals surface area contributed by atoms with Gasteiger partial charge in [0.2, 0.25) is 0 Å². The van der Waals surface area contributed by atoms with Crippen molar-refractivity contribution in [2.75, 3.05) is 6.61 Å². The molecule has 0 aromatic carbocycles. The quantitative estimate of drug-likeness (QED) is 0.732. The Kier molecular flexibility index (Phi) is 3.69. The van der Waals surface area contributed by atoms with Crippen molar-refractivity contribution in [3.8, 4) is 0 Å². The van der Waals surface area contributed by atoms with Crippen LogP contribution in [-0.2, 0) is 16.0 Å². The molecule has 0 radical (unpaired) electrons. The minimum Gasteiger partial charge on any atom is -0.465 e. The fraction of sp³-hybridized carbons (Fsp3) is 0.500. The number of ether oxygens (including phenoxy) is 1. The van der Waals surface area contributed by atoms with Gasteiger partial charge in [-0.05, 0) is 6.92 Å². The molecule has 72 valence electrons. The lowest BCUT2D eigenvalue weighted by Gasteiger charge is -1.99. The van der Waals surface area contributed by atoms with E-state index in [4.69, 9.17) is 16.3 Å². The molecule has 0 aliphatic carbocycles. The van der Waals surface area contributed by atoms with Gasteiger partial charge in [0.1, 0.15) is 0 Å². The molecule has 0 amide bonds. The van der Waals surface area contributed by atoms with Crippen molar-refractivity contribution >= 4 is 28.9 Å². The first-order chi connectivity index (χ1) is 6.09. The molecule has 1 aromatic rings. The fourth-order valence-corrected chi connectivity index (χ4v) is 2.08. The van der Waals surface area contributed by atoms with Crippen LogP contribution < -0.4 is 0 Å². The third-order valence-corrected chi connectivity index (χ3v) is 2.82. The molecule has 1 rings (SSSR count). The molecule has 3 nitrogen and oxygen atoms in total. The zero-order valence-corrected chi connectivity index (χ0v) is 9.04. The molecule has 0 aliphatic rings. The normalized spacial score (nSPS) is 10.1. The van der Waals surface area contributed by atoms with E-state index in [1.54, 1.807) is 0 Å². The minimum atomic E-state index is -0.256. The Morgan fingerprint density at radius 3 is 2.85 bits per heavy atom. The minimum absolute atomic E-state index is 0.256. The number of esters is 1. The number of halogens is 1. The molecule has 0 saturated heterocycles. The predicted molar refractivity (Wildman–Crippen MR) is 52.2 cm³/mol. The van der Waals surface area contributed by atoms with Crippen LogP contribution in [0.25, 0.3) is 0 Å². The maximum Gasteiger partial charge on any atom is 0.302 e. The van der Waals surface area contributed by atoms with Crippen LogP contribution in [0.15, 0.2) is 0 Å². The standard InChI is InChI=1S/C8H10ClNO2S/c1-5-7(13-8(9)10-5)3-4-12-6(2)11/h3-4H2,1-2H3. The van der Waals surface area contributed by atoms with E-state index in [0.29, 0.717) is 17.5 Å². The van der Waals surface area contributed by atoms with E-state index in [0.717, 1.165) is 10.6 Å². The highest BCUT2D eigenvalue weighted by atomic mass is 35.5. The Labute approximate surface area is 85.7 Å². The van der Waals surface area contributed by atoms with Crippen molar-refractivity contribution in [3.63, 3.8) is 0 Å². The summed E-state index contributed by atoms with van der Waals surface area (Å²) in [5, 5.41) is 0. The Bertz CT molecular complexity index is 311. The number of carbonyl (C=O) groups is 1. The van der Waals surface area contributed by atoms with Gasteiger partial charge < -0.3 is 4.74 Å². The van der Waals surface area contributed by atoms with Crippen LogP contribution in [-0.4, -0.2) is 17.6 Å². The van der Waals surface area contributed by atoms with Crippen molar-refractivity contribution in [2.45, 2.75) is 20.3 Å². The Morgan fingerprint density at radius 2 is 2.38 bits per heavy atom. The number of aromatic nitrogens is 1. The maximum absolute atomic E-state index is 10.5. The van der Waals surface area contributed by atoms with Crippen LogP contribution in [0.2, 0.25) is 4.47 Å². The average Bonchev–Trinajstić information content (AvgIpc) is 2.29. The van der Waals surface area contributed by atoms with Gasteiger partial charge in [0.25, 0.3) is 0 Å². The lowest BCUT2D eigenvalue weighted by atomic mass is 10.3. The zero-order chi connectivity index (χ0) is 9.84. The first kappa shape index (κ1) is 10.5. The first-order valence-electron chi connectivity index (χ1n) is 3.84. The molecule has 0 unspecified atom stereocenters.